The fourth-order valence-electron chi connectivity index (χ4n) is 0.136. The predicted octanol–water partition coefficient (Wildman–Crippen LogP) is -3.34. The molecule has 5 heteroatoms. The van der Waals surface area contributed by atoms with Crippen LogP contribution in [0.4, 0.5) is 0 Å². The fraction of sp³-hybridized carbons (Fsp3) is 0. The van der Waals surface area contributed by atoms with Gasteiger partial charge >= 0.3 is 45.5 Å². The predicted molar refractivity (Wildman–Crippen MR) is 24.9 cm³/mol. The van der Waals surface area contributed by atoms with E-state index in [1.807, 2.05) is 0 Å². The second kappa shape index (κ2) is 6.28. The van der Waals surface area contributed by atoms with Crippen LogP contribution in [0.5, 0.6) is 0 Å². The minimum atomic E-state index is -1.55. The van der Waals surface area contributed by atoms with Crippen LogP contribution in [0.15, 0.2) is 12.2 Å². The number of carbonyl (C=O) groups is 2. The molecule has 0 bridgehead atoms. The van der Waals surface area contributed by atoms with Gasteiger partial charge in [0.1, 0.15) is 0 Å². The molecule has 0 saturated carbocycles. The number of carboxylic acids is 2. The summed E-state index contributed by atoms with van der Waals surface area (Å²) in [4.78, 5) is 18.8. The number of carboxylic acid groups (broad SMARTS) is 2. The Morgan fingerprint density at radius 2 is 1.22 bits per heavy atom. The average Bonchev–Trinajstić information content (AvgIpc) is 1.61. The topological polar surface area (TPSA) is 80.3 Å². The van der Waals surface area contributed by atoms with Crippen molar-refractivity contribution in [3.8, 4) is 0 Å². The standard InChI is InChI=1S/C4H4O4.Sr/c5-3(6)1-2-4(7)8;/h1-2H,(H,5,6)(H,7,8);/q;+2/p-2/b2-1-;. The number of hydrogen-bond donors (Lipinski definition) is 0. The van der Waals surface area contributed by atoms with Crippen molar-refractivity contribution in [1.29, 1.82) is 0 Å². The van der Waals surface area contributed by atoms with Crippen molar-refractivity contribution in [1.82, 2.24) is 0 Å². The van der Waals surface area contributed by atoms with Crippen LogP contribution < -0.4 is 10.2 Å². The van der Waals surface area contributed by atoms with Gasteiger partial charge in [-0.05, 0) is 12.2 Å². The molecule has 0 saturated heterocycles. The first-order chi connectivity index (χ1) is 3.63. The van der Waals surface area contributed by atoms with Crippen molar-refractivity contribution in [2.45, 2.75) is 0 Å². The third kappa shape index (κ3) is 11.6. The SMILES string of the molecule is O=C([O-])/C=C\C(=O)[O-].[Sr+2]. The molecule has 0 aromatic rings. The summed E-state index contributed by atoms with van der Waals surface area (Å²) in [5.74, 6) is -3.09. The van der Waals surface area contributed by atoms with E-state index in [4.69, 9.17) is 0 Å². The van der Waals surface area contributed by atoms with Gasteiger partial charge < -0.3 is 19.8 Å². The van der Waals surface area contributed by atoms with Gasteiger partial charge in [-0.3, -0.25) is 0 Å². The van der Waals surface area contributed by atoms with Gasteiger partial charge in [-0.2, -0.15) is 0 Å². The van der Waals surface area contributed by atoms with E-state index in [0.29, 0.717) is 12.2 Å². The van der Waals surface area contributed by atoms with E-state index in [9.17, 15) is 19.8 Å². The number of carbonyl (C=O) groups excluding carboxylic acids is 2. The van der Waals surface area contributed by atoms with Crippen LogP contribution in [0.1, 0.15) is 0 Å². The Balaban J connectivity index is 0. The van der Waals surface area contributed by atoms with Gasteiger partial charge in [-0.1, -0.05) is 0 Å². The Bertz CT molecular complexity index is 124. The van der Waals surface area contributed by atoms with E-state index in [1.54, 1.807) is 0 Å². The van der Waals surface area contributed by atoms with E-state index >= 15 is 0 Å². The van der Waals surface area contributed by atoms with Crippen molar-refractivity contribution < 1.29 is 19.8 Å². The Morgan fingerprint density at radius 3 is 1.33 bits per heavy atom. The van der Waals surface area contributed by atoms with Crippen LogP contribution in [0.25, 0.3) is 0 Å². The molecule has 0 aliphatic carbocycles. The minimum absolute atomic E-state index is 0. The minimum Gasteiger partial charge on any atom is -0.545 e. The zero-order valence-corrected chi connectivity index (χ0v) is 7.97. The fourth-order valence-corrected chi connectivity index (χ4v) is 0.136. The first-order valence-corrected chi connectivity index (χ1v) is 1.73. The molecule has 0 aromatic heterocycles. The largest absolute Gasteiger partial charge is 2.00 e. The van der Waals surface area contributed by atoms with Crippen molar-refractivity contribution >= 4 is 57.4 Å². The first kappa shape index (κ1) is 11.9. The van der Waals surface area contributed by atoms with Crippen LogP contribution in [0.2, 0.25) is 0 Å². The quantitative estimate of drug-likeness (QED) is 0.346. The van der Waals surface area contributed by atoms with Crippen molar-refractivity contribution in [2.24, 2.45) is 0 Å². The number of aliphatic carboxylic acids is 2. The van der Waals surface area contributed by atoms with Crippen molar-refractivity contribution in [2.75, 3.05) is 0 Å². The summed E-state index contributed by atoms with van der Waals surface area (Å²) in [7, 11) is 0. The van der Waals surface area contributed by atoms with Crippen LogP contribution in [0, 0.1) is 0 Å². The molecule has 4 nitrogen and oxygen atoms in total. The maximum Gasteiger partial charge on any atom is 2.00 e. The molecule has 44 valence electrons. The molecular weight excluding hydrogens is 200 g/mol. The smallest absolute Gasteiger partial charge is 0.545 e. The Kier molecular flexibility index (Phi) is 8.31. The summed E-state index contributed by atoms with van der Waals surface area (Å²) in [5, 5.41) is 18.8. The summed E-state index contributed by atoms with van der Waals surface area (Å²) in [5.41, 5.74) is 0. The van der Waals surface area contributed by atoms with Crippen molar-refractivity contribution in [3.63, 3.8) is 0 Å². The maximum atomic E-state index is 9.41. The number of hydrogen-bond acceptors (Lipinski definition) is 4. The summed E-state index contributed by atoms with van der Waals surface area (Å²) < 4.78 is 0. The Labute approximate surface area is 88.4 Å². The van der Waals surface area contributed by atoms with E-state index in [-0.39, 0.29) is 45.5 Å². The molecule has 0 aromatic carbocycles. The van der Waals surface area contributed by atoms with E-state index < -0.39 is 11.9 Å². The molecular formula is C4H2O4Sr. The van der Waals surface area contributed by atoms with Gasteiger partial charge in [0.2, 0.25) is 0 Å². The molecule has 0 aliphatic rings. The summed E-state index contributed by atoms with van der Waals surface area (Å²) in [6.45, 7) is 0. The van der Waals surface area contributed by atoms with Gasteiger partial charge in [0.05, 0.1) is 11.9 Å². The van der Waals surface area contributed by atoms with Gasteiger partial charge in [-0.25, -0.2) is 0 Å². The Hall–Kier alpha value is 0.161. The number of rotatable bonds is 2. The van der Waals surface area contributed by atoms with E-state index in [2.05, 4.69) is 0 Å². The van der Waals surface area contributed by atoms with Crippen LogP contribution in [-0.2, 0) is 9.59 Å². The molecule has 0 rings (SSSR count). The summed E-state index contributed by atoms with van der Waals surface area (Å²) in [6, 6.07) is 0. The molecule has 0 unspecified atom stereocenters. The summed E-state index contributed by atoms with van der Waals surface area (Å²) in [6.07, 6.45) is 0.769. The molecule has 0 amide bonds. The van der Waals surface area contributed by atoms with Gasteiger partial charge in [0.25, 0.3) is 0 Å². The molecule has 0 spiro atoms. The molecule has 9 heavy (non-hydrogen) atoms. The Morgan fingerprint density at radius 1 is 1.00 bits per heavy atom. The van der Waals surface area contributed by atoms with E-state index in [0.717, 1.165) is 0 Å². The van der Waals surface area contributed by atoms with Gasteiger partial charge in [-0.15, -0.1) is 0 Å². The monoisotopic (exact) mass is 202 g/mol. The summed E-state index contributed by atoms with van der Waals surface area (Å²) >= 11 is 0. The molecule has 0 aliphatic heterocycles. The third-order valence-electron chi connectivity index (χ3n) is 0.355. The maximum absolute atomic E-state index is 9.41. The average molecular weight is 202 g/mol. The molecule has 0 fully saturated rings. The second-order valence-electron chi connectivity index (χ2n) is 0.971. The van der Waals surface area contributed by atoms with Crippen LogP contribution >= 0.6 is 0 Å². The zero-order chi connectivity index (χ0) is 6.57. The second-order valence-corrected chi connectivity index (χ2v) is 0.971. The van der Waals surface area contributed by atoms with Gasteiger partial charge in [0, 0.05) is 0 Å². The van der Waals surface area contributed by atoms with E-state index in [1.165, 1.54) is 0 Å². The van der Waals surface area contributed by atoms with Crippen molar-refractivity contribution in [3.05, 3.63) is 12.2 Å². The normalized spacial score (nSPS) is 8.44. The molecule has 0 N–H and O–H groups in total. The molecule has 0 heterocycles. The third-order valence-corrected chi connectivity index (χ3v) is 0.355. The van der Waals surface area contributed by atoms with Crippen LogP contribution in [-0.4, -0.2) is 57.4 Å². The molecule has 0 atom stereocenters. The molecule has 0 radical (unpaired) electrons. The van der Waals surface area contributed by atoms with Gasteiger partial charge in [0.15, 0.2) is 0 Å². The first-order valence-electron chi connectivity index (χ1n) is 1.73. The zero-order valence-electron chi connectivity index (χ0n) is 4.49. The van der Waals surface area contributed by atoms with Crippen LogP contribution in [0.3, 0.4) is 0 Å².